The van der Waals surface area contributed by atoms with Gasteiger partial charge in [0.25, 0.3) is 0 Å². The van der Waals surface area contributed by atoms with Crippen LogP contribution >= 0.6 is 0 Å². The van der Waals surface area contributed by atoms with Gasteiger partial charge in [-0.15, -0.1) is 6.58 Å². The number of hydrogen-bond donors (Lipinski definition) is 1. The number of carboxylic acids is 1. The maximum atomic E-state index is 10.8. The summed E-state index contributed by atoms with van der Waals surface area (Å²) >= 11 is 0. The van der Waals surface area contributed by atoms with Crippen molar-refractivity contribution in [2.45, 2.75) is 46.0 Å². The fourth-order valence-corrected chi connectivity index (χ4v) is 1.49. The number of hydrogen-bond acceptors (Lipinski definition) is 1. The van der Waals surface area contributed by atoms with Crippen LogP contribution in [0.15, 0.2) is 12.7 Å². The van der Waals surface area contributed by atoms with Gasteiger partial charge in [0.05, 0.1) is 5.92 Å². The second-order valence-electron chi connectivity index (χ2n) is 4.24. The first-order chi connectivity index (χ1) is 6.57. The Bertz CT molecular complexity index is 173. The van der Waals surface area contributed by atoms with Crippen molar-refractivity contribution in [3.8, 4) is 0 Å². The largest absolute Gasteiger partial charge is 0.481 e. The van der Waals surface area contributed by atoms with E-state index in [1.807, 2.05) is 0 Å². The van der Waals surface area contributed by atoms with E-state index in [9.17, 15) is 4.79 Å². The molecule has 0 heterocycles. The predicted molar refractivity (Wildman–Crippen MR) is 59.2 cm³/mol. The first kappa shape index (κ1) is 13.2. The molecule has 0 aliphatic carbocycles. The predicted octanol–water partition coefficient (Wildman–Crippen LogP) is 3.48. The molecule has 2 heteroatoms. The summed E-state index contributed by atoms with van der Waals surface area (Å²) in [5.41, 5.74) is 0. The Morgan fingerprint density at radius 3 is 2.36 bits per heavy atom. The molecule has 0 saturated carbocycles. The van der Waals surface area contributed by atoms with E-state index in [4.69, 9.17) is 5.11 Å². The van der Waals surface area contributed by atoms with Crippen molar-refractivity contribution in [2.75, 3.05) is 0 Å². The van der Waals surface area contributed by atoms with Gasteiger partial charge >= 0.3 is 5.97 Å². The summed E-state index contributed by atoms with van der Waals surface area (Å²) < 4.78 is 0. The number of allylic oxidation sites excluding steroid dienone is 1. The lowest BCUT2D eigenvalue weighted by atomic mass is 9.96. The minimum absolute atomic E-state index is 0.223. The highest BCUT2D eigenvalue weighted by atomic mass is 16.4. The van der Waals surface area contributed by atoms with Crippen LogP contribution in [0.2, 0.25) is 0 Å². The van der Waals surface area contributed by atoms with E-state index in [0.717, 1.165) is 25.2 Å². The van der Waals surface area contributed by atoms with E-state index in [0.29, 0.717) is 6.42 Å². The van der Waals surface area contributed by atoms with Gasteiger partial charge in [0.2, 0.25) is 0 Å². The highest BCUT2D eigenvalue weighted by Gasteiger charge is 2.14. The van der Waals surface area contributed by atoms with Gasteiger partial charge in [-0.3, -0.25) is 4.79 Å². The second-order valence-corrected chi connectivity index (χ2v) is 4.24. The Morgan fingerprint density at radius 2 is 1.93 bits per heavy atom. The lowest BCUT2D eigenvalue weighted by molar-refractivity contribution is -0.141. The van der Waals surface area contributed by atoms with Crippen LogP contribution in [0.5, 0.6) is 0 Å². The van der Waals surface area contributed by atoms with E-state index in [1.165, 1.54) is 6.42 Å². The van der Waals surface area contributed by atoms with E-state index < -0.39 is 5.97 Å². The summed E-state index contributed by atoms with van der Waals surface area (Å²) in [7, 11) is 0. The summed E-state index contributed by atoms with van der Waals surface area (Å²) in [5, 5.41) is 8.87. The zero-order valence-corrected chi connectivity index (χ0v) is 9.33. The third-order valence-corrected chi connectivity index (χ3v) is 2.38. The van der Waals surface area contributed by atoms with E-state index in [-0.39, 0.29) is 5.92 Å². The molecule has 1 atom stereocenters. The van der Waals surface area contributed by atoms with Gasteiger partial charge in [-0.25, -0.2) is 0 Å². The van der Waals surface area contributed by atoms with Crippen LogP contribution in [0.4, 0.5) is 0 Å². The minimum Gasteiger partial charge on any atom is -0.481 e. The number of carboxylic acid groups (broad SMARTS) is 1. The monoisotopic (exact) mass is 198 g/mol. The average Bonchev–Trinajstić information content (AvgIpc) is 2.09. The summed E-state index contributed by atoms with van der Waals surface area (Å²) in [6, 6.07) is 0. The summed E-state index contributed by atoms with van der Waals surface area (Å²) in [4.78, 5) is 10.8. The fraction of sp³-hybridized carbons (Fsp3) is 0.750. The van der Waals surface area contributed by atoms with Crippen molar-refractivity contribution in [1.82, 2.24) is 0 Å². The maximum absolute atomic E-state index is 10.8. The molecule has 0 spiro atoms. The lowest BCUT2D eigenvalue weighted by Gasteiger charge is -2.10. The van der Waals surface area contributed by atoms with Gasteiger partial charge in [-0.2, -0.15) is 0 Å². The standard InChI is InChI=1S/C12H22O2/c1-4-7-11(12(13)14)9-6-5-8-10(2)3/h4,10-11H,1,5-9H2,2-3H3,(H,13,14). The van der Waals surface area contributed by atoms with Gasteiger partial charge in [-0.1, -0.05) is 39.2 Å². The molecule has 0 saturated heterocycles. The molecule has 2 nitrogen and oxygen atoms in total. The Labute approximate surface area is 87.0 Å². The van der Waals surface area contributed by atoms with Gasteiger partial charge in [0.15, 0.2) is 0 Å². The van der Waals surface area contributed by atoms with Crippen molar-refractivity contribution in [3.05, 3.63) is 12.7 Å². The maximum Gasteiger partial charge on any atom is 0.306 e. The summed E-state index contributed by atoms with van der Waals surface area (Å²) in [6.45, 7) is 7.96. The Morgan fingerprint density at radius 1 is 1.36 bits per heavy atom. The molecule has 0 aromatic rings. The topological polar surface area (TPSA) is 37.3 Å². The van der Waals surface area contributed by atoms with E-state index >= 15 is 0 Å². The minimum atomic E-state index is -0.686. The molecule has 0 fully saturated rings. The van der Waals surface area contributed by atoms with Crippen LogP contribution in [0.25, 0.3) is 0 Å². The summed E-state index contributed by atoms with van der Waals surface area (Å²) in [5.74, 6) is -0.188. The third kappa shape index (κ3) is 6.70. The van der Waals surface area contributed by atoms with Crippen LogP contribution < -0.4 is 0 Å². The van der Waals surface area contributed by atoms with Crippen LogP contribution in [0, 0.1) is 11.8 Å². The highest BCUT2D eigenvalue weighted by Crippen LogP contribution is 2.16. The van der Waals surface area contributed by atoms with Gasteiger partial charge in [-0.05, 0) is 18.8 Å². The second kappa shape index (κ2) is 7.60. The van der Waals surface area contributed by atoms with Crippen molar-refractivity contribution in [2.24, 2.45) is 11.8 Å². The zero-order chi connectivity index (χ0) is 11.0. The van der Waals surface area contributed by atoms with Crippen molar-refractivity contribution in [3.63, 3.8) is 0 Å². The number of unbranched alkanes of at least 4 members (excludes halogenated alkanes) is 1. The Balaban J connectivity index is 3.61. The Kier molecular flexibility index (Phi) is 7.17. The lowest BCUT2D eigenvalue weighted by Crippen LogP contribution is -2.12. The van der Waals surface area contributed by atoms with Crippen LogP contribution in [-0.4, -0.2) is 11.1 Å². The first-order valence-corrected chi connectivity index (χ1v) is 5.41. The molecule has 0 aromatic carbocycles. The molecule has 14 heavy (non-hydrogen) atoms. The molecule has 0 bridgehead atoms. The van der Waals surface area contributed by atoms with Gasteiger partial charge < -0.3 is 5.11 Å². The molecular weight excluding hydrogens is 176 g/mol. The van der Waals surface area contributed by atoms with Crippen molar-refractivity contribution in [1.29, 1.82) is 0 Å². The van der Waals surface area contributed by atoms with Gasteiger partial charge in [0.1, 0.15) is 0 Å². The van der Waals surface area contributed by atoms with Crippen LogP contribution in [0.3, 0.4) is 0 Å². The summed E-state index contributed by atoms with van der Waals surface area (Å²) in [6.07, 6.45) is 6.42. The zero-order valence-electron chi connectivity index (χ0n) is 9.33. The van der Waals surface area contributed by atoms with Crippen LogP contribution in [-0.2, 0) is 4.79 Å². The fourth-order valence-electron chi connectivity index (χ4n) is 1.49. The van der Waals surface area contributed by atoms with Crippen LogP contribution in [0.1, 0.15) is 46.0 Å². The molecule has 1 N–H and O–H groups in total. The molecular formula is C12H22O2. The number of aliphatic carboxylic acids is 1. The number of rotatable bonds is 8. The first-order valence-electron chi connectivity index (χ1n) is 5.41. The third-order valence-electron chi connectivity index (χ3n) is 2.38. The molecule has 0 rings (SSSR count). The quantitative estimate of drug-likeness (QED) is 0.479. The molecule has 0 radical (unpaired) electrons. The normalized spacial score (nSPS) is 12.8. The molecule has 0 aliphatic rings. The van der Waals surface area contributed by atoms with Crippen molar-refractivity contribution >= 4 is 5.97 Å². The van der Waals surface area contributed by atoms with E-state index in [1.54, 1.807) is 6.08 Å². The molecule has 82 valence electrons. The van der Waals surface area contributed by atoms with Gasteiger partial charge in [0, 0.05) is 0 Å². The van der Waals surface area contributed by atoms with Crippen molar-refractivity contribution < 1.29 is 9.90 Å². The van der Waals surface area contributed by atoms with E-state index in [2.05, 4.69) is 20.4 Å². The molecule has 0 aliphatic heterocycles. The Hall–Kier alpha value is -0.790. The molecule has 1 unspecified atom stereocenters. The highest BCUT2D eigenvalue weighted by molar-refractivity contribution is 5.70. The molecule has 0 aromatic heterocycles. The molecule has 0 amide bonds. The number of carbonyl (C=O) groups is 1. The average molecular weight is 198 g/mol. The smallest absolute Gasteiger partial charge is 0.306 e. The SMILES string of the molecule is C=CCC(CCCCC(C)C)C(=O)O.